The first kappa shape index (κ1) is 12.9. The number of aromatic nitrogens is 1. The molecule has 0 amide bonds. The fraction of sp³-hybridized carbons (Fsp3) is 0.545. The highest BCUT2D eigenvalue weighted by atomic mass is 32.2. The largest absolute Gasteiger partial charge is 0.367 e. The quantitative estimate of drug-likeness (QED) is 0.665. The fourth-order valence-electron chi connectivity index (χ4n) is 1.94. The first-order valence-electron chi connectivity index (χ1n) is 5.79. The molecule has 2 rings (SSSR count). The summed E-state index contributed by atoms with van der Waals surface area (Å²) in [6.07, 6.45) is 2.96. The molecule has 0 aromatic carbocycles. The average molecular weight is 269 g/mol. The normalized spacial score (nSPS) is 23.6. The summed E-state index contributed by atoms with van der Waals surface area (Å²) >= 11 is 0. The highest BCUT2D eigenvalue weighted by Gasteiger charge is 2.19. The Morgan fingerprint density at radius 2 is 2.17 bits per heavy atom. The average Bonchev–Trinajstić information content (AvgIpc) is 2.34. The van der Waals surface area contributed by atoms with Gasteiger partial charge in [0.2, 0.25) is 0 Å². The predicted octanol–water partition coefficient (Wildman–Crippen LogP) is 1.62. The van der Waals surface area contributed by atoms with Crippen LogP contribution in [-0.2, 0) is 10.8 Å². The number of anilines is 1. The highest BCUT2D eigenvalue weighted by molar-refractivity contribution is 7.85. The van der Waals surface area contributed by atoms with Gasteiger partial charge in [-0.15, -0.1) is 0 Å². The van der Waals surface area contributed by atoms with Crippen molar-refractivity contribution in [1.82, 2.24) is 4.98 Å². The van der Waals surface area contributed by atoms with Crippen LogP contribution in [0.25, 0.3) is 0 Å². The van der Waals surface area contributed by atoms with Gasteiger partial charge >= 0.3 is 0 Å². The minimum absolute atomic E-state index is 0.00259. The molecule has 1 saturated heterocycles. The SMILES string of the molecule is Cc1cc([N+](=O)[O-])cnc1NC1CCS(=O)CC1. The molecule has 0 unspecified atom stereocenters. The molecule has 0 radical (unpaired) electrons. The molecule has 0 bridgehead atoms. The second-order valence-corrected chi connectivity index (χ2v) is 6.08. The first-order chi connectivity index (χ1) is 8.56. The zero-order valence-electron chi connectivity index (χ0n) is 10.1. The van der Waals surface area contributed by atoms with Crippen LogP contribution in [0.5, 0.6) is 0 Å². The molecule has 1 aliphatic rings. The zero-order valence-corrected chi connectivity index (χ0v) is 10.9. The second kappa shape index (κ2) is 5.43. The van der Waals surface area contributed by atoms with Crippen molar-refractivity contribution in [3.8, 4) is 0 Å². The van der Waals surface area contributed by atoms with E-state index in [1.165, 1.54) is 12.3 Å². The van der Waals surface area contributed by atoms with Gasteiger partial charge in [0.05, 0.1) is 4.92 Å². The van der Waals surface area contributed by atoms with E-state index in [1.807, 2.05) is 0 Å². The van der Waals surface area contributed by atoms with Crippen LogP contribution in [-0.4, -0.2) is 31.7 Å². The summed E-state index contributed by atoms with van der Waals surface area (Å²) < 4.78 is 11.2. The summed E-state index contributed by atoms with van der Waals surface area (Å²) in [6, 6.07) is 1.77. The Balaban J connectivity index is 2.05. The minimum Gasteiger partial charge on any atom is -0.367 e. The molecule has 1 aromatic heterocycles. The van der Waals surface area contributed by atoms with Crippen LogP contribution in [0.4, 0.5) is 11.5 Å². The van der Waals surface area contributed by atoms with Gasteiger partial charge in [0.15, 0.2) is 0 Å². The van der Waals surface area contributed by atoms with Crippen LogP contribution in [0.1, 0.15) is 18.4 Å². The Labute approximate surface area is 107 Å². The Kier molecular flexibility index (Phi) is 3.90. The number of rotatable bonds is 3. The Hall–Kier alpha value is -1.50. The van der Waals surface area contributed by atoms with Crippen molar-refractivity contribution < 1.29 is 9.13 Å². The molecule has 0 spiro atoms. The van der Waals surface area contributed by atoms with Crippen LogP contribution in [0, 0.1) is 17.0 Å². The van der Waals surface area contributed by atoms with Gasteiger partial charge < -0.3 is 5.32 Å². The summed E-state index contributed by atoms with van der Waals surface area (Å²) in [5.41, 5.74) is 0.763. The predicted molar refractivity (Wildman–Crippen MR) is 70.1 cm³/mol. The van der Waals surface area contributed by atoms with E-state index in [9.17, 15) is 14.3 Å². The van der Waals surface area contributed by atoms with Crippen molar-refractivity contribution in [3.63, 3.8) is 0 Å². The standard InChI is InChI=1S/C11H15N3O3S/c1-8-6-10(14(15)16)7-12-11(8)13-9-2-4-18(17)5-3-9/h6-7,9H,2-5H2,1H3,(H,12,13). The lowest BCUT2D eigenvalue weighted by Crippen LogP contribution is -2.30. The van der Waals surface area contributed by atoms with Gasteiger partial charge in [-0.2, -0.15) is 0 Å². The third kappa shape index (κ3) is 3.04. The maximum Gasteiger partial charge on any atom is 0.287 e. The number of nitrogens with zero attached hydrogens (tertiary/aromatic N) is 2. The summed E-state index contributed by atoms with van der Waals surface area (Å²) in [5.74, 6) is 2.10. The van der Waals surface area contributed by atoms with Gasteiger partial charge in [-0.3, -0.25) is 14.3 Å². The van der Waals surface area contributed by atoms with Crippen molar-refractivity contribution >= 4 is 22.3 Å². The lowest BCUT2D eigenvalue weighted by atomic mass is 10.1. The summed E-state index contributed by atoms with van der Waals surface area (Å²) in [6.45, 7) is 1.79. The molecule has 0 saturated carbocycles. The van der Waals surface area contributed by atoms with Crippen molar-refractivity contribution in [1.29, 1.82) is 0 Å². The van der Waals surface area contributed by atoms with E-state index in [0.29, 0.717) is 17.3 Å². The molecule has 98 valence electrons. The zero-order chi connectivity index (χ0) is 13.1. The van der Waals surface area contributed by atoms with Crippen molar-refractivity contribution in [2.75, 3.05) is 16.8 Å². The molecule has 7 heteroatoms. The van der Waals surface area contributed by atoms with E-state index in [2.05, 4.69) is 10.3 Å². The number of pyridine rings is 1. The van der Waals surface area contributed by atoms with Gasteiger partial charge in [0.25, 0.3) is 5.69 Å². The third-order valence-electron chi connectivity index (χ3n) is 3.00. The Morgan fingerprint density at radius 1 is 1.50 bits per heavy atom. The van der Waals surface area contributed by atoms with Gasteiger partial charge in [-0.25, -0.2) is 4.98 Å². The monoisotopic (exact) mass is 269 g/mol. The van der Waals surface area contributed by atoms with E-state index in [-0.39, 0.29) is 11.7 Å². The molecule has 1 aromatic rings. The lowest BCUT2D eigenvalue weighted by molar-refractivity contribution is -0.385. The molecule has 2 heterocycles. The molecule has 1 aliphatic heterocycles. The van der Waals surface area contributed by atoms with Crippen LogP contribution in [0.15, 0.2) is 12.3 Å². The number of hydrogen-bond acceptors (Lipinski definition) is 5. The molecular weight excluding hydrogens is 254 g/mol. The molecule has 0 aliphatic carbocycles. The Morgan fingerprint density at radius 3 is 2.72 bits per heavy atom. The molecule has 1 fully saturated rings. The van der Waals surface area contributed by atoms with Crippen LogP contribution in [0.2, 0.25) is 0 Å². The van der Waals surface area contributed by atoms with E-state index in [1.54, 1.807) is 6.92 Å². The summed E-state index contributed by atoms with van der Waals surface area (Å²) in [7, 11) is -0.684. The van der Waals surface area contributed by atoms with Gasteiger partial charge in [0.1, 0.15) is 12.0 Å². The Bertz CT molecular complexity index is 482. The lowest BCUT2D eigenvalue weighted by Gasteiger charge is -2.23. The van der Waals surface area contributed by atoms with Crippen LogP contribution < -0.4 is 5.32 Å². The molecular formula is C11H15N3O3S. The summed E-state index contributed by atoms with van der Waals surface area (Å²) in [4.78, 5) is 14.2. The van der Waals surface area contributed by atoms with Crippen molar-refractivity contribution in [2.45, 2.75) is 25.8 Å². The fourth-order valence-corrected chi connectivity index (χ4v) is 3.24. The molecule has 18 heavy (non-hydrogen) atoms. The topological polar surface area (TPSA) is 85.1 Å². The van der Waals surface area contributed by atoms with Crippen molar-refractivity contribution in [3.05, 3.63) is 27.9 Å². The van der Waals surface area contributed by atoms with Crippen LogP contribution >= 0.6 is 0 Å². The smallest absolute Gasteiger partial charge is 0.287 e. The maximum absolute atomic E-state index is 11.2. The van der Waals surface area contributed by atoms with Gasteiger partial charge in [0, 0.05) is 34.4 Å². The highest BCUT2D eigenvalue weighted by Crippen LogP contribution is 2.21. The van der Waals surface area contributed by atoms with Gasteiger partial charge in [-0.1, -0.05) is 0 Å². The second-order valence-electron chi connectivity index (χ2n) is 4.38. The van der Waals surface area contributed by atoms with E-state index < -0.39 is 15.7 Å². The van der Waals surface area contributed by atoms with E-state index in [4.69, 9.17) is 0 Å². The van der Waals surface area contributed by atoms with Crippen molar-refractivity contribution in [2.24, 2.45) is 0 Å². The molecule has 6 nitrogen and oxygen atoms in total. The number of hydrogen-bond donors (Lipinski definition) is 1. The molecule has 1 N–H and O–H groups in total. The van der Waals surface area contributed by atoms with Crippen LogP contribution in [0.3, 0.4) is 0 Å². The maximum atomic E-state index is 11.2. The van der Waals surface area contributed by atoms with Gasteiger partial charge in [-0.05, 0) is 25.3 Å². The van der Waals surface area contributed by atoms with E-state index in [0.717, 1.165) is 18.4 Å². The number of nitro groups is 1. The molecule has 0 atom stereocenters. The third-order valence-corrected chi connectivity index (χ3v) is 4.39. The summed E-state index contributed by atoms with van der Waals surface area (Å²) in [5, 5.41) is 13.9. The van der Waals surface area contributed by atoms with E-state index >= 15 is 0 Å². The number of aryl methyl sites for hydroxylation is 1. The number of nitrogens with one attached hydrogen (secondary N) is 1. The minimum atomic E-state index is -0.684. The first-order valence-corrected chi connectivity index (χ1v) is 7.27.